The van der Waals surface area contributed by atoms with Gasteiger partial charge in [0.25, 0.3) is 5.91 Å². The van der Waals surface area contributed by atoms with E-state index in [1.165, 1.54) is 19.3 Å². The predicted molar refractivity (Wildman–Crippen MR) is 149 cm³/mol. The maximum absolute atomic E-state index is 13.4. The number of aromatic amines is 1. The summed E-state index contributed by atoms with van der Waals surface area (Å²) in [5.74, 6) is 0.855. The minimum absolute atomic E-state index is 0.0254. The maximum atomic E-state index is 13.4. The number of H-pyrrole nitrogens is 1. The standard InChI is InChI=1S/C30H39N5O3/c1-34-14-11-25(20-34)38-24-8-5-22(6-9-24)28-26-19-23(7-10-27(26)32-33-28)29(36)31-21-30(12-3-2-4-13-30)35-15-17-37-18-16-35/h5-10,19,25H,2-4,11-18,20-21H2,1H3,(H,31,36)(H,32,33)/t25-/m1/s1. The number of nitrogens with zero attached hydrogens (tertiary/aromatic N) is 3. The monoisotopic (exact) mass is 517 g/mol. The molecule has 202 valence electrons. The molecule has 2 aromatic carbocycles. The Morgan fingerprint density at radius 2 is 1.89 bits per heavy atom. The second-order valence-electron chi connectivity index (χ2n) is 11.2. The summed E-state index contributed by atoms with van der Waals surface area (Å²) in [6.07, 6.45) is 7.29. The molecule has 3 aliphatic rings. The van der Waals surface area contributed by atoms with Gasteiger partial charge in [-0.2, -0.15) is 5.10 Å². The van der Waals surface area contributed by atoms with Crippen molar-refractivity contribution in [3.8, 4) is 17.0 Å². The zero-order valence-electron chi connectivity index (χ0n) is 22.4. The van der Waals surface area contributed by atoms with Crippen molar-refractivity contribution in [2.45, 2.75) is 50.2 Å². The molecule has 2 saturated heterocycles. The Kier molecular flexibility index (Phi) is 7.37. The van der Waals surface area contributed by atoms with E-state index in [2.05, 4.69) is 32.4 Å². The normalized spacial score (nSPS) is 22.5. The molecule has 2 aliphatic heterocycles. The van der Waals surface area contributed by atoms with Crippen molar-refractivity contribution >= 4 is 16.8 Å². The van der Waals surface area contributed by atoms with Crippen LogP contribution in [0.5, 0.6) is 5.75 Å². The average molecular weight is 518 g/mol. The first-order valence-electron chi connectivity index (χ1n) is 14.1. The smallest absolute Gasteiger partial charge is 0.251 e. The molecule has 38 heavy (non-hydrogen) atoms. The number of ether oxygens (including phenoxy) is 2. The molecular formula is C30H39N5O3. The van der Waals surface area contributed by atoms with E-state index in [0.29, 0.717) is 12.1 Å². The van der Waals surface area contributed by atoms with Crippen molar-refractivity contribution < 1.29 is 14.3 Å². The lowest BCUT2D eigenvalue weighted by molar-refractivity contribution is -0.0361. The van der Waals surface area contributed by atoms with Gasteiger partial charge in [0.05, 0.1) is 24.4 Å². The zero-order valence-corrected chi connectivity index (χ0v) is 22.4. The molecule has 1 atom stereocenters. The van der Waals surface area contributed by atoms with Crippen molar-refractivity contribution in [3.05, 3.63) is 48.0 Å². The first kappa shape index (κ1) is 25.3. The van der Waals surface area contributed by atoms with Crippen molar-refractivity contribution in [3.63, 3.8) is 0 Å². The molecule has 3 heterocycles. The van der Waals surface area contributed by atoms with Crippen molar-refractivity contribution in [2.24, 2.45) is 0 Å². The van der Waals surface area contributed by atoms with Gasteiger partial charge in [0.15, 0.2) is 0 Å². The first-order valence-corrected chi connectivity index (χ1v) is 14.1. The number of aromatic nitrogens is 2. The van der Waals surface area contributed by atoms with Crippen LogP contribution in [0.15, 0.2) is 42.5 Å². The molecule has 0 radical (unpaired) electrons. The van der Waals surface area contributed by atoms with Gasteiger partial charge in [-0.25, -0.2) is 0 Å². The van der Waals surface area contributed by atoms with Gasteiger partial charge in [0, 0.05) is 54.8 Å². The third-order valence-electron chi connectivity index (χ3n) is 8.65. The van der Waals surface area contributed by atoms with Gasteiger partial charge < -0.3 is 19.7 Å². The lowest BCUT2D eigenvalue weighted by Crippen LogP contribution is -2.59. The molecule has 1 amide bonds. The highest BCUT2D eigenvalue weighted by Gasteiger charge is 2.38. The summed E-state index contributed by atoms with van der Waals surface area (Å²) in [6, 6.07) is 13.9. The zero-order chi connectivity index (χ0) is 26.0. The fourth-order valence-corrected chi connectivity index (χ4v) is 6.45. The molecular weight excluding hydrogens is 478 g/mol. The van der Waals surface area contributed by atoms with Crippen LogP contribution in [0.25, 0.3) is 22.2 Å². The van der Waals surface area contributed by atoms with Crippen LogP contribution in [0.2, 0.25) is 0 Å². The maximum Gasteiger partial charge on any atom is 0.251 e. The summed E-state index contributed by atoms with van der Waals surface area (Å²) in [5, 5.41) is 11.9. The van der Waals surface area contributed by atoms with Crippen LogP contribution in [0.3, 0.4) is 0 Å². The van der Waals surface area contributed by atoms with Crippen LogP contribution in [0.4, 0.5) is 0 Å². The molecule has 3 aromatic rings. The van der Waals surface area contributed by atoms with Gasteiger partial charge in [-0.15, -0.1) is 0 Å². The quantitative estimate of drug-likeness (QED) is 0.492. The molecule has 8 nitrogen and oxygen atoms in total. The number of morpholine rings is 1. The molecule has 1 aliphatic carbocycles. The van der Waals surface area contributed by atoms with Crippen LogP contribution in [0.1, 0.15) is 48.9 Å². The van der Waals surface area contributed by atoms with Gasteiger partial charge in [-0.05, 0) is 68.8 Å². The SMILES string of the molecule is CN1CC[C@@H](Oc2ccc(-c3n[nH]c4ccc(C(=O)NCC5(N6CCOCC6)CCCCC5)cc34)cc2)C1. The molecule has 1 aromatic heterocycles. The second kappa shape index (κ2) is 11.0. The number of benzene rings is 2. The van der Waals surface area contributed by atoms with Gasteiger partial charge in [-0.3, -0.25) is 14.8 Å². The minimum atomic E-state index is -0.0254. The highest BCUT2D eigenvalue weighted by atomic mass is 16.5. The van der Waals surface area contributed by atoms with Gasteiger partial charge >= 0.3 is 0 Å². The summed E-state index contributed by atoms with van der Waals surface area (Å²) in [5.41, 5.74) is 3.47. The fraction of sp³-hybridized carbons (Fsp3) is 0.533. The van der Waals surface area contributed by atoms with Gasteiger partial charge in [-0.1, -0.05) is 19.3 Å². The third kappa shape index (κ3) is 5.30. The Hall–Kier alpha value is -2.94. The summed E-state index contributed by atoms with van der Waals surface area (Å²) in [4.78, 5) is 18.2. The number of hydrogen-bond donors (Lipinski definition) is 2. The summed E-state index contributed by atoms with van der Waals surface area (Å²) < 4.78 is 11.8. The van der Waals surface area contributed by atoms with Crippen molar-refractivity contribution in [1.29, 1.82) is 0 Å². The topological polar surface area (TPSA) is 82.7 Å². The number of likely N-dealkylation sites (tertiary alicyclic amines) is 1. The van der Waals surface area contributed by atoms with Crippen molar-refractivity contribution in [2.75, 3.05) is 53.0 Å². The molecule has 0 unspecified atom stereocenters. The predicted octanol–water partition coefficient (Wildman–Crippen LogP) is 4.08. The van der Waals surface area contributed by atoms with E-state index < -0.39 is 0 Å². The average Bonchev–Trinajstić information content (AvgIpc) is 3.58. The van der Waals surface area contributed by atoms with Crippen LogP contribution in [-0.4, -0.2) is 90.5 Å². The lowest BCUT2D eigenvalue weighted by Gasteiger charge is -2.48. The minimum Gasteiger partial charge on any atom is -0.489 e. The van der Waals surface area contributed by atoms with Crippen LogP contribution in [0, 0.1) is 0 Å². The molecule has 1 saturated carbocycles. The van der Waals surface area contributed by atoms with Crippen LogP contribution in [-0.2, 0) is 4.74 Å². The lowest BCUT2D eigenvalue weighted by atomic mass is 9.79. The molecule has 8 heteroatoms. The summed E-state index contributed by atoms with van der Waals surface area (Å²) in [6.45, 7) is 6.17. The van der Waals surface area contributed by atoms with E-state index in [1.54, 1.807) is 0 Å². The van der Waals surface area contributed by atoms with Gasteiger partial charge in [0.1, 0.15) is 11.9 Å². The number of likely N-dealkylation sites (N-methyl/N-ethyl adjacent to an activating group) is 1. The van der Waals surface area contributed by atoms with E-state index in [-0.39, 0.29) is 17.6 Å². The van der Waals surface area contributed by atoms with Crippen LogP contribution >= 0.6 is 0 Å². The van der Waals surface area contributed by atoms with E-state index in [4.69, 9.17) is 9.47 Å². The highest BCUT2D eigenvalue weighted by molar-refractivity contribution is 6.01. The molecule has 0 spiro atoms. The number of carbonyl (C=O) groups excluding carboxylic acids is 1. The Labute approximate surface area is 224 Å². The first-order chi connectivity index (χ1) is 18.6. The number of fused-ring (bicyclic) bond motifs is 1. The summed E-state index contributed by atoms with van der Waals surface area (Å²) in [7, 11) is 2.13. The Balaban J connectivity index is 1.16. The van der Waals surface area contributed by atoms with E-state index in [0.717, 1.165) is 86.6 Å². The number of nitrogens with one attached hydrogen (secondary N) is 2. The Morgan fingerprint density at radius 1 is 1.11 bits per heavy atom. The van der Waals surface area contributed by atoms with Gasteiger partial charge in [0.2, 0.25) is 0 Å². The molecule has 6 rings (SSSR count). The number of amides is 1. The Bertz CT molecular complexity index is 1240. The molecule has 3 fully saturated rings. The number of rotatable bonds is 7. The molecule has 2 N–H and O–H groups in total. The second-order valence-corrected chi connectivity index (χ2v) is 11.2. The number of carbonyl (C=O) groups is 1. The largest absolute Gasteiger partial charge is 0.489 e. The highest BCUT2D eigenvalue weighted by Crippen LogP contribution is 2.34. The molecule has 0 bridgehead atoms. The number of hydrogen-bond acceptors (Lipinski definition) is 6. The van der Waals surface area contributed by atoms with E-state index >= 15 is 0 Å². The fourth-order valence-electron chi connectivity index (χ4n) is 6.45. The van der Waals surface area contributed by atoms with E-state index in [9.17, 15) is 4.79 Å². The Morgan fingerprint density at radius 3 is 2.63 bits per heavy atom. The van der Waals surface area contributed by atoms with E-state index in [1.807, 2.05) is 42.5 Å². The summed E-state index contributed by atoms with van der Waals surface area (Å²) >= 11 is 0. The van der Waals surface area contributed by atoms with Crippen molar-refractivity contribution in [1.82, 2.24) is 25.3 Å². The van der Waals surface area contributed by atoms with Crippen LogP contribution < -0.4 is 10.1 Å². The third-order valence-corrected chi connectivity index (χ3v) is 8.65.